The van der Waals surface area contributed by atoms with E-state index in [1.807, 2.05) is 42.5 Å². The maximum Gasteiger partial charge on any atom is 0.490 e. The molecular formula is C25H19F6N5O7S. The van der Waals surface area contributed by atoms with E-state index >= 15 is 0 Å². The normalized spacial score (nSPS) is 11.8. The third kappa shape index (κ3) is 8.51. The topological polar surface area (TPSA) is 188 Å². The summed E-state index contributed by atoms with van der Waals surface area (Å²) in [4.78, 5) is 34.2. The van der Waals surface area contributed by atoms with Crippen molar-refractivity contribution in [3.8, 4) is 22.8 Å². The van der Waals surface area contributed by atoms with Gasteiger partial charge in [0.15, 0.2) is 11.4 Å². The lowest BCUT2D eigenvalue weighted by Crippen LogP contribution is -2.23. The van der Waals surface area contributed by atoms with Gasteiger partial charge in [-0.15, -0.1) is 0 Å². The van der Waals surface area contributed by atoms with Crippen molar-refractivity contribution in [2.75, 3.05) is 6.54 Å². The number of halogens is 6. The molecule has 0 bridgehead atoms. The molecule has 5 aromatic rings. The summed E-state index contributed by atoms with van der Waals surface area (Å²) in [5.74, 6) is -4.57. The number of oxazole rings is 1. The number of sulfonamides is 1. The number of nitrogens with one attached hydrogen (secondary N) is 2. The van der Waals surface area contributed by atoms with Crippen molar-refractivity contribution in [2.24, 2.45) is 0 Å². The van der Waals surface area contributed by atoms with E-state index in [0.717, 1.165) is 16.6 Å². The number of nitrogens with zero attached hydrogens (tertiary/aromatic N) is 3. The number of rotatable bonds is 5. The fraction of sp³-hybridized carbons (Fsp3) is 0.160. The molecule has 3 aromatic heterocycles. The van der Waals surface area contributed by atoms with Crippen LogP contribution in [0.5, 0.6) is 0 Å². The summed E-state index contributed by atoms with van der Waals surface area (Å²) in [6.07, 6.45) is -7.23. The van der Waals surface area contributed by atoms with Crippen molar-refractivity contribution in [3.05, 3.63) is 60.9 Å². The quantitative estimate of drug-likeness (QED) is 0.189. The molecule has 0 saturated carbocycles. The molecule has 0 radical (unpaired) electrons. The number of imidazole rings is 1. The van der Waals surface area contributed by atoms with Crippen LogP contribution in [-0.4, -0.2) is 69.4 Å². The zero-order valence-corrected chi connectivity index (χ0v) is 22.8. The number of aliphatic carboxylic acids is 2. The van der Waals surface area contributed by atoms with Gasteiger partial charge in [0.2, 0.25) is 10.0 Å². The van der Waals surface area contributed by atoms with Gasteiger partial charge in [-0.1, -0.05) is 25.1 Å². The Morgan fingerprint density at radius 3 is 2.07 bits per heavy atom. The Morgan fingerprint density at radius 2 is 1.50 bits per heavy atom. The maximum absolute atomic E-state index is 12.3. The largest absolute Gasteiger partial charge is 0.490 e. The summed E-state index contributed by atoms with van der Waals surface area (Å²) in [5, 5.41) is 14.2. The van der Waals surface area contributed by atoms with Crippen LogP contribution >= 0.6 is 0 Å². The van der Waals surface area contributed by atoms with Gasteiger partial charge in [-0.3, -0.25) is 4.98 Å². The molecule has 0 aliphatic carbocycles. The zero-order valence-electron chi connectivity index (χ0n) is 21.9. The predicted octanol–water partition coefficient (Wildman–Crippen LogP) is 5.00. The van der Waals surface area contributed by atoms with Crippen LogP contribution in [0.1, 0.15) is 6.92 Å². The van der Waals surface area contributed by atoms with Gasteiger partial charge in [0.05, 0.1) is 11.0 Å². The number of carboxylic acid groups (broad SMARTS) is 2. The third-order valence-corrected chi connectivity index (χ3v) is 6.67. The van der Waals surface area contributed by atoms with Crippen LogP contribution < -0.4 is 4.72 Å². The van der Waals surface area contributed by atoms with Crippen LogP contribution in [-0.2, 0) is 19.6 Å². The van der Waals surface area contributed by atoms with E-state index in [0.29, 0.717) is 34.9 Å². The Labute approximate surface area is 242 Å². The molecule has 44 heavy (non-hydrogen) atoms. The average molecular weight is 648 g/mol. The number of H-pyrrole nitrogens is 1. The van der Waals surface area contributed by atoms with Gasteiger partial charge in [0, 0.05) is 24.5 Å². The summed E-state index contributed by atoms with van der Waals surface area (Å²) >= 11 is 0. The third-order valence-electron chi connectivity index (χ3n) is 5.16. The molecule has 0 aliphatic heterocycles. The molecule has 234 valence electrons. The number of alkyl halides is 6. The molecule has 0 atom stereocenters. The van der Waals surface area contributed by atoms with E-state index < -0.39 is 34.3 Å². The molecule has 0 unspecified atom stereocenters. The molecule has 4 N–H and O–H groups in total. The van der Waals surface area contributed by atoms with Crippen LogP contribution in [0.25, 0.3) is 45.0 Å². The molecule has 0 fully saturated rings. The lowest BCUT2D eigenvalue weighted by atomic mass is 10.1. The monoisotopic (exact) mass is 647 g/mol. The summed E-state index contributed by atoms with van der Waals surface area (Å²) in [7, 11) is -3.59. The summed E-state index contributed by atoms with van der Waals surface area (Å²) < 4.78 is 96.4. The fourth-order valence-corrected chi connectivity index (χ4v) is 4.29. The highest BCUT2D eigenvalue weighted by Gasteiger charge is 2.38. The molecule has 0 amide bonds. The predicted molar refractivity (Wildman–Crippen MR) is 141 cm³/mol. The minimum absolute atomic E-state index is 0.113. The summed E-state index contributed by atoms with van der Waals surface area (Å²) in [6.45, 7) is 2.04. The first-order chi connectivity index (χ1) is 20.4. The van der Waals surface area contributed by atoms with Gasteiger partial charge in [0.25, 0.3) is 5.89 Å². The van der Waals surface area contributed by atoms with Crippen LogP contribution in [0.15, 0.2) is 70.2 Å². The number of carbonyl (C=O) groups is 2. The van der Waals surface area contributed by atoms with E-state index in [9.17, 15) is 34.8 Å². The highest BCUT2D eigenvalue weighted by atomic mass is 32.2. The second-order valence-corrected chi connectivity index (χ2v) is 10.1. The van der Waals surface area contributed by atoms with Gasteiger partial charge < -0.3 is 19.6 Å². The van der Waals surface area contributed by atoms with E-state index in [1.165, 1.54) is 6.20 Å². The number of aromatic amines is 1. The second-order valence-electron chi connectivity index (χ2n) is 8.32. The van der Waals surface area contributed by atoms with Crippen LogP contribution in [0, 0.1) is 0 Å². The van der Waals surface area contributed by atoms with Crippen molar-refractivity contribution in [1.82, 2.24) is 24.7 Å². The SMILES string of the molecule is CCNS(=O)(=O)c1cncc(-c2ccc3nc(-c4nc5ccccc5[nH]4)oc3c2)c1.O=C(O)C(F)(F)F.O=C(O)C(F)(F)F. The van der Waals surface area contributed by atoms with Gasteiger partial charge in [-0.25, -0.2) is 32.7 Å². The molecule has 0 aliphatic rings. The molecule has 3 heterocycles. The number of carboxylic acids is 2. The van der Waals surface area contributed by atoms with E-state index in [4.69, 9.17) is 24.2 Å². The van der Waals surface area contributed by atoms with E-state index in [2.05, 4.69) is 24.7 Å². The fourth-order valence-electron chi connectivity index (χ4n) is 3.26. The number of hydrogen-bond donors (Lipinski definition) is 4. The highest BCUT2D eigenvalue weighted by molar-refractivity contribution is 7.89. The first-order valence-corrected chi connectivity index (χ1v) is 13.3. The number of para-hydroxylation sites is 2. The Morgan fingerprint density at radius 1 is 0.886 bits per heavy atom. The Balaban J connectivity index is 0.000000317. The zero-order chi connectivity index (χ0) is 32.9. The maximum atomic E-state index is 12.3. The molecule has 19 heteroatoms. The summed E-state index contributed by atoms with van der Waals surface area (Å²) in [6, 6.07) is 14.8. The number of fused-ring (bicyclic) bond motifs is 2. The van der Waals surface area contributed by atoms with Crippen molar-refractivity contribution in [1.29, 1.82) is 0 Å². The molecule has 0 spiro atoms. The second kappa shape index (κ2) is 13.1. The lowest BCUT2D eigenvalue weighted by molar-refractivity contribution is -0.193. The average Bonchev–Trinajstić information content (AvgIpc) is 3.57. The van der Waals surface area contributed by atoms with Crippen LogP contribution in [0.2, 0.25) is 0 Å². The standard InChI is InChI=1S/C21H17N5O3S.2C2HF3O2/c1-2-23-30(27,28)15-9-14(11-22-12-15)13-7-8-18-19(10-13)29-21(26-18)20-24-16-5-3-4-6-17(16)25-20;2*3-2(4,5)1(6)7/h3-12,23H,2H2,1H3,(H,24,25);2*(H,6,7). The van der Waals surface area contributed by atoms with Crippen LogP contribution in [0.3, 0.4) is 0 Å². The highest BCUT2D eigenvalue weighted by Crippen LogP contribution is 2.29. The molecule has 2 aromatic carbocycles. The molecule has 5 rings (SSSR count). The van der Waals surface area contributed by atoms with Crippen molar-refractivity contribution >= 4 is 44.1 Å². The molecule has 0 saturated heterocycles. The smallest absolute Gasteiger partial charge is 0.475 e. The first-order valence-electron chi connectivity index (χ1n) is 11.8. The van der Waals surface area contributed by atoms with E-state index in [1.54, 1.807) is 19.2 Å². The molecule has 12 nitrogen and oxygen atoms in total. The Kier molecular flexibility index (Phi) is 9.95. The van der Waals surface area contributed by atoms with Crippen molar-refractivity contribution < 1.29 is 59.0 Å². The number of aromatic nitrogens is 4. The summed E-state index contributed by atoms with van der Waals surface area (Å²) in [5.41, 5.74) is 4.43. The van der Waals surface area contributed by atoms with Gasteiger partial charge >= 0.3 is 24.3 Å². The van der Waals surface area contributed by atoms with Crippen LogP contribution in [0.4, 0.5) is 26.3 Å². The first kappa shape index (κ1) is 33.5. The Hall–Kier alpha value is -5.04. The Bertz CT molecular complexity index is 1850. The van der Waals surface area contributed by atoms with Gasteiger partial charge in [-0.2, -0.15) is 26.3 Å². The minimum Gasteiger partial charge on any atom is -0.475 e. The van der Waals surface area contributed by atoms with Crippen molar-refractivity contribution in [3.63, 3.8) is 0 Å². The number of benzene rings is 2. The number of hydrogen-bond acceptors (Lipinski definition) is 8. The lowest BCUT2D eigenvalue weighted by Gasteiger charge is -2.06. The minimum atomic E-state index is -5.08. The molecular weight excluding hydrogens is 628 g/mol. The van der Waals surface area contributed by atoms with Crippen molar-refractivity contribution in [2.45, 2.75) is 24.2 Å². The van der Waals surface area contributed by atoms with Gasteiger partial charge in [-0.05, 0) is 35.9 Å². The number of pyridine rings is 1. The van der Waals surface area contributed by atoms with E-state index in [-0.39, 0.29) is 4.90 Å². The van der Waals surface area contributed by atoms with Gasteiger partial charge in [0.1, 0.15) is 10.4 Å².